The van der Waals surface area contributed by atoms with Crippen LogP contribution >= 0.6 is 0 Å². The third-order valence-corrected chi connectivity index (χ3v) is 10.2. The van der Waals surface area contributed by atoms with Gasteiger partial charge in [0.1, 0.15) is 5.75 Å². The molecule has 1 aromatic carbocycles. The molecule has 1 heterocycles. The highest BCUT2D eigenvalue weighted by atomic mass is 32.2. The molecule has 2 fully saturated rings. The van der Waals surface area contributed by atoms with Gasteiger partial charge in [0.05, 0.1) is 10.6 Å². The molecule has 2 saturated carbocycles. The summed E-state index contributed by atoms with van der Waals surface area (Å²) >= 11 is 0. The van der Waals surface area contributed by atoms with Crippen LogP contribution in [0.15, 0.2) is 17.0 Å². The van der Waals surface area contributed by atoms with Crippen molar-refractivity contribution >= 4 is 15.7 Å². The molecule has 6 heteroatoms. The molecule has 4 unspecified atom stereocenters. The number of phenolic OH excluding ortho intramolecular Hbond substituents is 1. The van der Waals surface area contributed by atoms with E-state index in [1.54, 1.807) is 0 Å². The molecule has 1 aliphatic heterocycles. The summed E-state index contributed by atoms with van der Waals surface area (Å²) in [6.07, 6.45) is 5.16. The lowest BCUT2D eigenvalue weighted by atomic mass is 9.43. The zero-order valence-corrected chi connectivity index (χ0v) is 18.0. The molecule has 0 radical (unpaired) electrons. The predicted molar refractivity (Wildman–Crippen MR) is 108 cm³/mol. The lowest BCUT2D eigenvalue weighted by Gasteiger charge is -2.63. The van der Waals surface area contributed by atoms with Crippen LogP contribution in [0.5, 0.6) is 5.75 Å². The predicted octanol–water partition coefficient (Wildman–Crippen LogP) is 3.78. The average Bonchev–Trinajstić information content (AvgIpc) is 2.56. The highest BCUT2D eigenvalue weighted by Crippen LogP contribution is 2.67. The second kappa shape index (κ2) is 5.74. The number of nitrogens with two attached hydrogens (primary N) is 1. The Morgan fingerprint density at radius 2 is 1.79 bits per heavy atom. The van der Waals surface area contributed by atoms with Crippen LogP contribution in [0.1, 0.15) is 75.7 Å². The van der Waals surface area contributed by atoms with Gasteiger partial charge in [-0.2, -0.15) is 0 Å². The van der Waals surface area contributed by atoms with Crippen LogP contribution in [-0.4, -0.2) is 25.2 Å². The van der Waals surface area contributed by atoms with Crippen LogP contribution in [0.4, 0.5) is 0 Å². The van der Waals surface area contributed by atoms with Gasteiger partial charge in [-0.15, -0.1) is 0 Å². The van der Waals surface area contributed by atoms with E-state index in [2.05, 4.69) is 27.7 Å². The lowest BCUT2D eigenvalue weighted by Crippen LogP contribution is -2.59. The first-order chi connectivity index (χ1) is 12.8. The van der Waals surface area contributed by atoms with Crippen molar-refractivity contribution in [2.45, 2.75) is 70.1 Å². The second-order valence-electron chi connectivity index (χ2n) is 10.4. The van der Waals surface area contributed by atoms with E-state index in [4.69, 9.17) is 5.73 Å². The minimum atomic E-state index is -3.62. The molecule has 1 amide bonds. The van der Waals surface area contributed by atoms with E-state index in [1.807, 2.05) is 0 Å². The van der Waals surface area contributed by atoms with E-state index in [0.29, 0.717) is 11.5 Å². The fourth-order valence-electron chi connectivity index (χ4n) is 7.19. The van der Waals surface area contributed by atoms with Crippen molar-refractivity contribution in [3.63, 3.8) is 0 Å². The molecular weight excluding hydrogens is 374 g/mol. The van der Waals surface area contributed by atoms with Gasteiger partial charge >= 0.3 is 0 Å². The van der Waals surface area contributed by atoms with E-state index in [9.17, 15) is 18.3 Å². The molecule has 4 rings (SSSR count). The van der Waals surface area contributed by atoms with Gasteiger partial charge in [0.2, 0.25) is 5.91 Å². The quantitative estimate of drug-likeness (QED) is 0.743. The van der Waals surface area contributed by atoms with E-state index >= 15 is 0 Å². The average molecular weight is 406 g/mol. The van der Waals surface area contributed by atoms with E-state index in [0.717, 1.165) is 25.7 Å². The maximum atomic E-state index is 13.3. The number of carbonyl (C=O) groups excluding carboxylic acids is 1. The number of primary amides is 1. The zero-order valence-electron chi connectivity index (χ0n) is 17.2. The standard InChI is InChI=1S/C22H31NO4S/c1-20(2)7-5-8-21(3)16(20)6-9-22(4)17(21)12-28(26,27)15-11-13(19(23)25)10-14(24)18(15)22/h10-11,16-17,24H,5-9,12H2,1-4H3,(H2,23,25). The Hall–Kier alpha value is -1.56. The molecule has 0 spiro atoms. The Balaban J connectivity index is 1.95. The number of aromatic hydroxyl groups is 1. The first-order valence-corrected chi connectivity index (χ1v) is 11.9. The summed E-state index contributed by atoms with van der Waals surface area (Å²) in [5.41, 5.74) is 5.57. The molecule has 154 valence electrons. The molecule has 3 aliphatic rings. The number of hydrogen-bond acceptors (Lipinski definition) is 4. The summed E-state index contributed by atoms with van der Waals surface area (Å²) in [6, 6.07) is 2.71. The fraction of sp³-hybridized carbons (Fsp3) is 0.682. The van der Waals surface area contributed by atoms with Crippen molar-refractivity contribution in [2.75, 3.05) is 5.75 Å². The van der Waals surface area contributed by atoms with Gasteiger partial charge in [0.15, 0.2) is 9.84 Å². The Bertz CT molecular complexity index is 967. The third kappa shape index (κ3) is 2.49. The Morgan fingerprint density at radius 1 is 1.11 bits per heavy atom. The van der Waals surface area contributed by atoms with Crippen LogP contribution in [0.3, 0.4) is 0 Å². The smallest absolute Gasteiger partial charge is 0.248 e. The number of sulfone groups is 1. The summed E-state index contributed by atoms with van der Waals surface area (Å²) in [4.78, 5) is 11.7. The maximum Gasteiger partial charge on any atom is 0.248 e. The number of rotatable bonds is 1. The summed E-state index contributed by atoms with van der Waals surface area (Å²) in [6.45, 7) is 9.02. The number of benzene rings is 1. The molecule has 0 aromatic heterocycles. The van der Waals surface area contributed by atoms with Crippen LogP contribution in [-0.2, 0) is 15.3 Å². The Kier molecular flexibility index (Phi) is 4.05. The van der Waals surface area contributed by atoms with E-state index < -0.39 is 21.2 Å². The van der Waals surface area contributed by atoms with Crippen molar-refractivity contribution in [1.82, 2.24) is 0 Å². The lowest BCUT2D eigenvalue weighted by molar-refractivity contribution is -0.0984. The topological polar surface area (TPSA) is 97.5 Å². The summed E-state index contributed by atoms with van der Waals surface area (Å²) in [5, 5.41) is 10.8. The Labute approximate surface area is 167 Å². The largest absolute Gasteiger partial charge is 0.508 e. The SMILES string of the molecule is CC1(C)CCCC2(C)C1CCC1(C)c3c(O)cc(C(N)=O)cc3S(=O)(=O)CC12. The molecule has 2 aliphatic carbocycles. The molecule has 0 bridgehead atoms. The molecule has 5 nitrogen and oxygen atoms in total. The van der Waals surface area contributed by atoms with Gasteiger partial charge in [0, 0.05) is 16.5 Å². The van der Waals surface area contributed by atoms with Crippen molar-refractivity contribution in [1.29, 1.82) is 0 Å². The number of carbonyl (C=O) groups is 1. The Morgan fingerprint density at radius 3 is 2.43 bits per heavy atom. The molecule has 1 aromatic rings. The van der Waals surface area contributed by atoms with Gasteiger partial charge in [-0.3, -0.25) is 4.79 Å². The first kappa shape index (κ1) is 19.7. The highest BCUT2D eigenvalue weighted by molar-refractivity contribution is 7.91. The molecular formula is C22H31NO4S. The number of fused-ring (bicyclic) bond motifs is 5. The second-order valence-corrected chi connectivity index (χ2v) is 12.4. The maximum absolute atomic E-state index is 13.3. The minimum absolute atomic E-state index is 0.0422. The van der Waals surface area contributed by atoms with Crippen molar-refractivity contribution < 1.29 is 18.3 Å². The number of amides is 1. The van der Waals surface area contributed by atoms with Crippen LogP contribution < -0.4 is 5.73 Å². The molecule has 4 atom stereocenters. The van der Waals surface area contributed by atoms with Gasteiger partial charge in [-0.25, -0.2) is 8.42 Å². The van der Waals surface area contributed by atoms with Crippen LogP contribution in [0, 0.1) is 22.7 Å². The van der Waals surface area contributed by atoms with Gasteiger partial charge < -0.3 is 10.8 Å². The van der Waals surface area contributed by atoms with Crippen molar-refractivity contribution in [2.24, 2.45) is 28.4 Å². The first-order valence-electron chi connectivity index (χ1n) is 10.2. The zero-order chi connectivity index (χ0) is 20.7. The summed E-state index contributed by atoms with van der Waals surface area (Å²) < 4.78 is 26.6. The molecule has 3 N–H and O–H groups in total. The van der Waals surface area contributed by atoms with Crippen molar-refractivity contribution in [3.8, 4) is 5.75 Å². The van der Waals surface area contributed by atoms with Gasteiger partial charge in [0.25, 0.3) is 0 Å². The molecule has 28 heavy (non-hydrogen) atoms. The fourth-order valence-corrected chi connectivity index (χ4v) is 9.52. The van der Waals surface area contributed by atoms with E-state index in [-0.39, 0.29) is 38.7 Å². The van der Waals surface area contributed by atoms with Gasteiger partial charge in [-0.05, 0) is 60.5 Å². The number of phenols is 1. The van der Waals surface area contributed by atoms with Crippen molar-refractivity contribution in [3.05, 3.63) is 23.3 Å². The van der Waals surface area contributed by atoms with Crippen LogP contribution in [0.2, 0.25) is 0 Å². The number of hydrogen-bond donors (Lipinski definition) is 2. The minimum Gasteiger partial charge on any atom is -0.508 e. The summed E-state index contributed by atoms with van der Waals surface area (Å²) in [7, 11) is -3.62. The van der Waals surface area contributed by atoms with E-state index in [1.165, 1.54) is 18.6 Å². The van der Waals surface area contributed by atoms with Crippen LogP contribution in [0.25, 0.3) is 0 Å². The third-order valence-electron chi connectivity index (χ3n) is 8.45. The molecule has 0 saturated heterocycles. The monoisotopic (exact) mass is 405 g/mol. The van der Waals surface area contributed by atoms with Gasteiger partial charge in [-0.1, -0.05) is 34.1 Å². The summed E-state index contributed by atoms with van der Waals surface area (Å²) in [5.74, 6) is -0.359. The normalized spacial score (nSPS) is 38.0. The highest BCUT2D eigenvalue weighted by Gasteiger charge is 2.62.